The topological polar surface area (TPSA) is 59.4 Å². The quantitative estimate of drug-likeness (QED) is 0.908. The molecular weight excluding hydrogens is 242 g/mol. The van der Waals surface area contributed by atoms with Crippen LogP contribution in [0.25, 0.3) is 0 Å². The summed E-state index contributed by atoms with van der Waals surface area (Å²) in [4.78, 5) is 15.6. The maximum atomic E-state index is 11.4. The van der Waals surface area contributed by atoms with E-state index in [0.717, 1.165) is 25.0 Å². The van der Waals surface area contributed by atoms with Gasteiger partial charge in [-0.3, -0.25) is 4.98 Å². The molecule has 1 aliphatic carbocycles. The zero-order valence-corrected chi connectivity index (χ0v) is 11.8. The number of aryl methyl sites for hydroxylation is 2. The summed E-state index contributed by atoms with van der Waals surface area (Å²) in [6.07, 6.45) is 4.66. The van der Waals surface area contributed by atoms with Gasteiger partial charge in [0.25, 0.3) is 0 Å². The second-order valence-corrected chi connectivity index (χ2v) is 5.45. The zero-order valence-electron chi connectivity index (χ0n) is 11.8. The van der Waals surface area contributed by atoms with Gasteiger partial charge >= 0.3 is 5.97 Å². The van der Waals surface area contributed by atoms with Gasteiger partial charge in [0.1, 0.15) is 17.4 Å². The zero-order chi connectivity index (χ0) is 14.0. The van der Waals surface area contributed by atoms with Crippen molar-refractivity contribution in [2.24, 2.45) is 5.92 Å². The molecule has 1 aromatic rings. The monoisotopic (exact) mass is 263 g/mol. The second-order valence-electron chi connectivity index (χ2n) is 5.45. The maximum absolute atomic E-state index is 11.4. The lowest BCUT2D eigenvalue weighted by Crippen LogP contribution is -2.29. The van der Waals surface area contributed by atoms with Crippen LogP contribution >= 0.6 is 0 Å². The number of carboxylic acids is 1. The molecule has 104 valence electrons. The van der Waals surface area contributed by atoms with Crippen LogP contribution in [0.1, 0.15) is 54.4 Å². The van der Waals surface area contributed by atoms with Crippen LogP contribution in [-0.4, -0.2) is 22.2 Å². The van der Waals surface area contributed by atoms with Gasteiger partial charge in [-0.15, -0.1) is 0 Å². The van der Waals surface area contributed by atoms with Gasteiger partial charge in [-0.25, -0.2) is 4.79 Å². The fourth-order valence-electron chi connectivity index (χ4n) is 2.77. The highest BCUT2D eigenvalue weighted by atomic mass is 16.5. The summed E-state index contributed by atoms with van der Waals surface area (Å²) in [5.41, 5.74) is 1.51. The van der Waals surface area contributed by atoms with Crippen LogP contribution in [0, 0.1) is 19.8 Å². The molecule has 0 amide bonds. The molecule has 1 heterocycles. The molecular formula is C15H21NO3. The molecule has 0 aliphatic heterocycles. The Kier molecular flexibility index (Phi) is 4.08. The molecule has 1 aromatic heterocycles. The molecule has 0 radical (unpaired) electrons. The third kappa shape index (κ3) is 3.06. The first-order chi connectivity index (χ1) is 8.99. The van der Waals surface area contributed by atoms with Crippen molar-refractivity contribution in [1.82, 2.24) is 4.98 Å². The van der Waals surface area contributed by atoms with Crippen molar-refractivity contribution in [3.63, 3.8) is 0 Å². The number of pyridine rings is 1. The highest BCUT2D eigenvalue weighted by Crippen LogP contribution is 2.30. The van der Waals surface area contributed by atoms with E-state index in [1.807, 2.05) is 6.92 Å². The van der Waals surface area contributed by atoms with Gasteiger partial charge in [0.2, 0.25) is 0 Å². The first-order valence-corrected chi connectivity index (χ1v) is 6.87. The predicted octanol–water partition coefficient (Wildman–Crippen LogP) is 3.35. The summed E-state index contributed by atoms with van der Waals surface area (Å²) in [7, 11) is 0. The Morgan fingerprint density at radius 2 is 2.05 bits per heavy atom. The number of hydrogen-bond donors (Lipinski definition) is 1. The molecule has 1 fully saturated rings. The first kappa shape index (κ1) is 13.8. The fourth-order valence-corrected chi connectivity index (χ4v) is 2.77. The summed E-state index contributed by atoms with van der Waals surface area (Å²) < 4.78 is 6.00. The first-order valence-electron chi connectivity index (χ1n) is 6.87. The number of carboxylic acid groups (broad SMARTS) is 1. The smallest absolute Gasteiger partial charge is 0.341 e. The van der Waals surface area contributed by atoms with Crippen molar-refractivity contribution < 1.29 is 14.6 Å². The SMILES string of the molecule is Cc1cc(OC2CCCCC2C)c(C(=O)O)c(C)n1. The van der Waals surface area contributed by atoms with Crippen molar-refractivity contribution in [3.05, 3.63) is 23.0 Å². The van der Waals surface area contributed by atoms with E-state index in [9.17, 15) is 9.90 Å². The van der Waals surface area contributed by atoms with Gasteiger partial charge in [-0.05, 0) is 39.0 Å². The van der Waals surface area contributed by atoms with Crippen molar-refractivity contribution in [1.29, 1.82) is 0 Å². The summed E-state index contributed by atoms with van der Waals surface area (Å²) in [5.74, 6) is -0.0242. The Morgan fingerprint density at radius 3 is 2.68 bits per heavy atom. The normalized spacial score (nSPS) is 23.1. The summed E-state index contributed by atoms with van der Waals surface area (Å²) in [6, 6.07) is 1.73. The summed E-state index contributed by atoms with van der Waals surface area (Å²) in [5, 5.41) is 9.31. The number of hydrogen-bond acceptors (Lipinski definition) is 3. The molecule has 0 spiro atoms. The summed E-state index contributed by atoms with van der Waals surface area (Å²) in [6.45, 7) is 5.74. The van der Waals surface area contributed by atoms with Gasteiger partial charge in [-0.1, -0.05) is 13.3 Å². The van der Waals surface area contributed by atoms with E-state index in [0.29, 0.717) is 17.4 Å². The van der Waals surface area contributed by atoms with Gasteiger partial charge in [0.05, 0.1) is 5.69 Å². The largest absolute Gasteiger partial charge is 0.489 e. The average Bonchev–Trinajstić information content (AvgIpc) is 2.30. The molecule has 2 atom stereocenters. The Labute approximate surface area is 113 Å². The van der Waals surface area contributed by atoms with Crippen LogP contribution in [0.15, 0.2) is 6.07 Å². The minimum Gasteiger partial charge on any atom is -0.489 e. The molecule has 2 unspecified atom stereocenters. The van der Waals surface area contributed by atoms with Crippen LogP contribution in [0.3, 0.4) is 0 Å². The number of nitrogens with zero attached hydrogens (tertiary/aromatic N) is 1. The Hall–Kier alpha value is -1.58. The van der Waals surface area contributed by atoms with E-state index in [1.54, 1.807) is 13.0 Å². The third-order valence-electron chi connectivity index (χ3n) is 3.82. The van der Waals surface area contributed by atoms with Gasteiger partial charge in [0.15, 0.2) is 0 Å². The van der Waals surface area contributed by atoms with Crippen LogP contribution in [0.4, 0.5) is 0 Å². The van der Waals surface area contributed by atoms with Crippen LogP contribution in [0.2, 0.25) is 0 Å². The minimum absolute atomic E-state index is 0.119. The van der Waals surface area contributed by atoms with E-state index >= 15 is 0 Å². The molecule has 1 saturated carbocycles. The predicted molar refractivity (Wildman–Crippen MR) is 72.7 cm³/mol. The second kappa shape index (κ2) is 5.59. The van der Waals surface area contributed by atoms with E-state index < -0.39 is 5.97 Å². The standard InChI is InChI=1S/C15H21NO3/c1-9-6-4-5-7-12(9)19-13-8-10(2)16-11(3)14(13)15(17)18/h8-9,12H,4-7H2,1-3H3,(H,17,18). The Bertz CT molecular complexity index is 485. The molecule has 1 aliphatic rings. The lowest BCUT2D eigenvalue weighted by Gasteiger charge is -2.30. The molecule has 0 aromatic carbocycles. The van der Waals surface area contributed by atoms with Crippen LogP contribution in [-0.2, 0) is 0 Å². The molecule has 0 saturated heterocycles. The van der Waals surface area contributed by atoms with Crippen LogP contribution in [0.5, 0.6) is 5.75 Å². The van der Waals surface area contributed by atoms with Crippen molar-refractivity contribution >= 4 is 5.97 Å². The third-order valence-corrected chi connectivity index (χ3v) is 3.82. The van der Waals surface area contributed by atoms with Gasteiger partial charge in [0, 0.05) is 11.8 Å². The van der Waals surface area contributed by atoms with Crippen molar-refractivity contribution in [3.8, 4) is 5.75 Å². The van der Waals surface area contributed by atoms with Crippen LogP contribution < -0.4 is 4.74 Å². The summed E-state index contributed by atoms with van der Waals surface area (Å²) >= 11 is 0. The van der Waals surface area contributed by atoms with E-state index in [4.69, 9.17) is 4.74 Å². The maximum Gasteiger partial charge on any atom is 0.341 e. The molecule has 4 nitrogen and oxygen atoms in total. The Morgan fingerprint density at radius 1 is 1.37 bits per heavy atom. The fraction of sp³-hybridized carbons (Fsp3) is 0.600. The minimum atomic E-state index is -0.969. The lowest BCUT2D eigenvalue weighted by molar-refractivity contribution is 0.0671. The number of rotatable bonds is 3. The van der Waals surface area contributed by atoms with Gasteiger partial charge in [-0.2, -0.15) is 0 Å². The number of carbonyl (C=O) groups is 1. The molecule has 0 bridgehead atoms. The molecule has 2 rings (SSSR count). The number of ether oxygens (including phenoxy) is 1. The van der Waals surface area contributed by atoms with Gasteiger partial charge < -0.3 is 9.84 Å². The van der Waals surface area contributed by atoms with E-state index in [-0.39, 0.29) is 11.7 Å². The van der Waals surface area contributed by atoms with E-state index in [1.165, 1.54) is 6.42 Å². The molecule has 4 heteroatoms. The molecule has 19 heavy (non-hydrogen) atoms. The highest BCUT2D eigenvalue weighted by molar-refractivity contribution is 5.92. The Balaban J connectivity index is 2.30. The molecule has 1 N–H and O–H groups in total. The number of aromatic nitrogens is 1. The van der Waals surface area contributed by atoms with Crippen molar-refractivity contribution in [2.75, 3.05) is 0 Å². The van der Waals surface area contributed by atoms with E-state index in [2.05, 4.69) is 11.9 Å². The highest BCUT2D eigenvalue weighted by Gasteiger charge is 2.25. The number of aromatic carboxylic acids is 1. The van der Waals surface area contributed by atoms with Crippen molar-refractivity contribution in [2.45, 2.75) is 52.6 Å². The lowest BCUT2D eigenvalue weighted by atomic mass is 9.88. The average molecular weight is 263 g/mol.